The molecule has 0 saturated heterocycles. The highest BCUT2D eigenvalue weighted by Crippen LogP contribution is 2.49. The molecule has 0 heterocycles. The third kappa shape index (κ3) is 5.19. The number of ether oxygens (including phenoxy) is 1. The van der Waals surface area contributed by atoms with E-state index < -0.39 is 0 Å². The van der Waals surface area contributed by atoms with E-state index in [1.807, 2.05) is 54.6 Å². The normalized spacial score (nSPS) is 15.1. The zero-order valence-corrected chi connectivity index (χ0v) is 17.2. The first-order valence-corrected chi connectivity index (χ1v) is 10.5. The van der Waals surface area contributed by atoms with Crippen LogP contribution in [-0.2, 0) is 11.8 Å². The van der Waals surface area contributed by atoms with Gasteiger partial charge in [0.15, 0.2) is 0 Å². The van der Waals surface area contributed by atoms with Crippen LogP contribution in [0.5, 0.6) is 11.5 Å². The maximum Gasteiger partial charge on any atom is 0.130 e. The molecule has 4 rings (SSSR count). The largest absolute Gasteiger partial charge is 0.457 e. The molecule has 1 aliphatic rings. The SMILES string of the molecule is Clc1ccc(C2(C=CC/C=C/Cc3ccccc3Oc3ccccc3)CC2)cc1. The summed E-state index contributed by atoms with van der Waals surface area (Å²) in [4.78, 5) is 0. The van der Waals surface area contributed by atoms with E-state index in [2.05, 4.69) is 48.6 Å². The summed E-state index contributed by atoms with van der Waals surface area (Å²) < 4.78 is 6.04. The smallest absolute Gasteiger partial charge is 0.130 e. The average molecular weight is 401 g/mol. The van der Waals surface area contributed by atoms with Crippen LogP contribution in [0.25, 0.3) is 0 Å². The van der Waals surface area contributed by atoms with Crippen molar-refractivity contribution in [1.82, 2.24) is 0 Å². The molecule has 0 radical (unpaired) electrons. The van der Waals surface area contributed by atoms with Gasteiger partial charge in [-0.2, -0.15) is 0 Å². The fourth-order valence-corrected chi connectivity index (χ4v) is 3.66. The Kier molecular flexibility index (Phi) is 6.17. The number of benzene rings is 3. The summed E-state index contributed by atoms with van der Waals surface area (Å²) in [6.45, 7) is 0. The lowest BCUT2D eigenvalue weighted by Gasteiger charge is -2.10. The van der Waals surface area contributed by atoms with Crippen molar-refractivity contribution in [3.05, 3.63) is 119 Å². The van der Waals surface area contributed by atoms with Crippen molar-refractivity contribution in [2.75, 3.05) is 0 Å². The molecule has 0 spiro atoms. The summed E-state index contributed by atoms with van der Waals surface area (Å²) in [5, 5.41) is 0.799. The molecule has 1 nitrogen and oxygen atoms in total. The highest BCUT2D eigenvalue weighted by molar-refractivity contribution is 6.30. The molecular weight excluding hydrogens is 376 g/mol. The average Bonchev–Trinajstić information content (AvgIpc) is 3.54. The summed E-state index contributed by atoms with van der Waals surface area (Å²) in [6.07, 6.45) is 13.3. The molecule has 3 aromatic rings. The van der Waals surface area contributed by atoms with Crippen molar-refractivity contribution in [3.63, 3.8) is 0 Å². The molecule has 2 heteroatoms. The fraction of sp³-hybridized carbons (Fsp3) is 0.185. The Morgan fingerprint density at radius 1 is 0.793 bits per heavy atom. The number of halogens is 1. The predicted octanol–water partition coefficient (Wildman–Crippen LogP) is 7.91. The molecule has 0 unspecified atom stereocenters. The maximum atomic E-state index is 6.04. The van der Waals surface area contributed by atoms with E-state index in [9.17, 15) is 0 Å². The standard InChI is InChI=1S/C27H25ClO/c28-24-17-15-23(16-18-24)27(20-21-27)19-9-2-1-4-10-22-11-7-8-14-26(22)29-25-12-5-3-6-13-25/h1,3-9,11-19H,2,10,20-21H2/b4-1+,19-9?. The Hall–Kier alpha value is -2.77. The molecule has 0 aliphatic heterocycles. The Balaban J connectivity index is 1.32. The Morgan fingerprint density at radius 3 is 2.28 bits per heavy atom. The van der Waals surface area contributed by atoms with Gasteiger partial charge in [0.2, 0.25) is 0 Å². The number of allylic oxidation sites excluding steroid dienone is 4. The van der Waals surface area contributed by atoms with Gasteiger partial charge in [-0.3, -0.25) is 0 Å². The van der Waals surface area contributed by atoms with Gasteiger partial charge in [0.05, 0.1) is 0 Å². The predicted molar refractivity (Wildman–Crippen MR) is 122 cm³/mol. The third-order valence-corrected chi connectivity index (χ3v) is 5.62. The van der Waals surface area contributed by atoms with Gasteiger partial charge in [-0.05, 0) is 67.1 Å². The van der Waals surface area contributed by atoms with Crippen LogP contribution in [0.4, 0.5) is 0 Å². The van der Waals surface area contributed by atoms with Gasteiger partial charge in [-0.15, -0.1) is 0 Å². The summed E-state index contributed by atoms with van der Waals surface area (Å²) in [5.41, 5.74) is 2.79. The zero-order chi connectivity index (χ0) is 19.9. The van der Waals surface area contributed by atoms with Crippen molar-refractivity contribution < 1.29 is 4.74 Å². The van der Waals surface area contributed by atoms with Gasteiger partial charge in [-0.1, -0.05) is 84.4 Å². The monoisotopic (exact) mass is 400 g/mol. The molecule has 0 atom stereocenters. The molecule has 3 aromatic carbocycles. The fourth-order valence-electron chi connectivity index (χ4n) is 3.53. The van der Waals surface area contributed by atoms with E-state index in [0.29, 0.717) is 0 Å². The highest BCUT2D eigenvalue weighted by Gasteiger charge is 2.41. The molecule has 1 aliphatic carbocycles. The molecule has 1 fully saturated rings. The van der Waals surface area contributed by atoms with Crippen LogP contribution in [0.15, 0.2) is 103 Å². The van der Waals surface area contributed by atoms with Crippen molar-refractivity contribution >= 4 is 11.6 Å². The van der Waals surface area contributed by atoms with Gasteiger partial charge >= 0.3 is 0 Å². The maximum absolute atomic E-state index is 6.04. The first-order chi connectivity index (χ1) is 14.3. The van der Waals surface area contributed by atoms with E-state index in [0.717, 1.165) is 29.4 Å². The topological polar surface area (TPSA) is 9.23 Å². The van der Waals surface area contributed by atoms with Gasteiger partial charge < -0.3 is 4.74 Å². The molecule has 29 heavy (non-hydrogen) atoms. The van der Waals surface area contributed by atoms with E-state index in [1.54, 1.807) is 0 Å². The summed E-state index contributed by atoms with van der Waals surface area (Å²) in [6, 6.07) is 26.4. The first kappa shape index (κ1) is 19.5. The third-order valence-electron chi connectivity index (χ3n) is 5.36. The molecule has 0 bridgehead atoms. The second-order valence-corrected chi connectivity index (χ2v) is 7.94. The lowest BCUT2D eigenvalue weighted by atomic mass is 9.95. The second-order valence-electron chi connectivity index (χ2n) is 7.50. The van der Waals surface area contributed by atoms with Crippen LogP contribution in [0.1, 0.15) is 30.4 Å². The summed E-state index contributed by atoms with van der Waals surface area (Å²) in [7, 11) is 0. The van der Waals surface area contributed by atoms with Gasteiger partial charge in [0.25, 0.3) is 0 Å². The highest BCUT2D eigenvalue weighted by atomic mass is 35.5. The Morgan fingerprint density at radius 2 is 1.52 bits per heavy atom. The number of rotatable bonds is 8. The van der Waals surface area contributed by atoms with Crippen LogP contribution in [0, 0.1) is 0 Å². The number of para-hydroxylation sites is 2. The molecule has 1 saturated carbocycles. The molecule has 0 aromatic heterocycles. The van der Waals surface area contributed by atoms with Crippen LogP contribution < -0.4 is 4.74 Å². The van der Waals surface area contributed by atoms with Gasteiger partial charge in [-0.25, -0.2) is 0 Å². The molecule has 146 valence electrons. The Labute approximate surface area is 178 Å². The van der Waals surface area contributed by atoms with Crippen LogP contribution in [0.2, 0.25) is 5.02 Å². The van der Waals surface area contributed by atoms with E-state index in [1.165, 1.54) is 24.0 Å². The lowest BCUT2D eigenvalue weighted by molar-refractivity contribution is 0.477. The zero-order valence-electron chi connectivity index (χ0n) is 16.4. The van der Waals surface area contributed by atoms with Crippen LogP contribution in [-0.4, -0.2) is 0 Å². The second kappa shape index (κ2) is 9.15. The molecule has 0 N–H and O–H groups in total. The summed E-state index contributed by atoms with van der Waals surface area (Å²) in [5.74, 6) is 1.78. The Bertz CT molecular complexity index is 983. The molecule has 0 amide bonds. The number of hydrogen-bond acceptors (Lipinski definition) is 1. The van der Waals surface area contributed by atoms with Crippen molar-refractivity contribution in [3.8, 4) is 11.5 Å². The van der Waals surface area contributed by atoms with Crippen molar-refractivity contribution in [1.29, 1.82) is 0 Å². The van der Waals surface area contributed by atoms with E-state index in [-0.39, 0.29) is 5.41 Å². The summed E-state index contributed by atoms with van der Waals surface area (Å²) >= 11 is 6.01. The van der Waals surface area contributed by atoms with E-state index in [4.69, 9.17) is 16.3 Å². The minimum absolute atomic E-state index is 0.231. The van der Waals surface area contributed by atoms with Crippen LogP contribution in [0.3, 0.4) is 0 Å². The quantitative estimate of drug-likeness (QED) is 0.349. The lowest BCUT2D eigenvalue weighted by Crippen LogP contribution is -2.01. The van der Waals surface area contributed by atoms with Crippen molar-refractivity contribution in [2.45, 2.75) is 31.1 Å². The minimum atomic E-state index is 0.231. The molecular formula is C27H25ClO. The van der Waals surface area contributed by atoms with E-state index >= 15 is 0 Å². The number of hydrogen-bond donors (Lipinski definition) is 0. The minimum Gasteiger partial charge on any atom is -0.457 e. The van der Waals surface area contributed by atoms with Crippen LogP contribution >= 0.6 is 11.6 Å². The van der Waals surface area contributed by atoms with Crippen molar-refractivity contribution in [2.24, 2.45) is 0 Å². The van der Waals surface area contributed by atoms with Gasteiger partial charge in [0, 0.05) is 10.4 Å². The van der Waals surface area contributed by atoms with Gasteiger partial charge in [0.1, 0.15) is 11.5 Å². The first-order valence-electron chi connectivity index (χ1n) is 10.1.